The molecule has 2 aromatic rings. The number of carbonyl (C=O) groups excluding carboxylic acids is 1. The van der Waals surface area contributed by atoms with Gasteiger partial charge in [0.1, 0.15) is 23.9 Å². The van der Waals surface area contributed by atoms with Crippen molar-refractivity contribution in [3.05, 3.63) is 53.6 Å². The molecule has 0 unspecified atom stereocenters. The highest BCUT2D eigenvalue weighted by atomic mass is 16.5. The van der Waals surface area contributed by atoms with Crippen LogP contribution in [0.2, 0.25) is 0 Å². The minimum absolute atomic E-state index is 0.0238. The van der Waals surface area contributed by atoms with Gasteiger partial charge in [0, 0.05) is 35.4 Å². The molecule has 0 atom stereocenters. The topological polar surface area (TPSA) is 56.8 Å². The van der Waals surface area contributed by atoms with Crippen LogP contribution >= 0.6 is 0 Å². The number of nitrogens with one attached hydrogen (secondary N) is 1. The molecule has 1 N–H and O–H groups in total. The molecule has 0 saturated heterocycles. The van der Waals surface area contributed by atoms with Crippen molar-refractivity contribution >= 4 is 5.91 Å². The molecule has 1 amide bonds. The van der Waals surface area contributed by atoms with Gasteiger partial charge in [-0.1, -0.05) is 37.5 Å². The first kappa shape index (κ1) is 19.1. The molecule has 1 aliphatic carbocycles. The monoisotopic (exact) mass is 369 g/mol. The van der Waals surface area contributed by atoms with E-state index < -0.39 is 0 Å². The maximum absolute atomic E-state index is 12.7. The summed E-state index contributed by atoms with van der Waals surface area (Å²) in [6.45, 7) is 0.296. The zero-order valence-corrected chi connectivity index (χ0v) is 16.0. The molecule has 1 saturated carbocycles. The average molecular weight is 369 g/mol. The fourth-order valence-electron chi connectivity index (χ4n) is 3.40. The molecule has 1 fully saturated rings. The molecule has 5 heteroatoms. The van der Waals surface area contributed by atoms with Gasteiger partial charge in [-0.2, -0.15) is 0 Å². The number of carbonyl (C=O) groups is 1. The molecule has 27 heavy (non-hydrogen) atoms. The number of ether oxygens (including phenoxy) is 3. The molecule has 0 aliphatic heterocycles. The molecular weight excluding hydrogens is 342 g/mol. The van der Waals surface area contributed by atoms with Gasteiger partial charge in [-0.3, -0.25) is 4.79 Å². The Morgan fingerprint density at radius 1 is 0.963 bits per heavy atom. The third kappa shape index (κ3) is 5.16. The van der Waals surface area contributed by atoms with Crippen LogP contribution < -0.4 is 19.5 Å². The van der Waals surface area contributed by atoms with Crippen LogP contribution in [-0.2, 0) is 6.61 Å². The summed E-state index contributed by atoms with van der Waals surface area (Å²) in [6.07, 6.45) is 5.77. The molecular formula is C22H27NO4. The first-order chi connectivity index (χ1) is 13.2. The highest BCUT2D eigenvalue weighted by molar-refractivity contribution is 5.95. The molecule has 5 nitrogen and oxygen atoms in total. The van der Waals surface area contributed by atoms with Crippen molar-refractivity contribution in [2.75, 3.05) is 14.2 Å². The highest BCUT2D eigenvalue weighted by Crippen LogP contribution is 2.28. The van der Waals surface area contributed by atoms with Gasteiger partial charge >= 0.3 is 0 Å². The molecule has 3 rings (SSSR count). The number of rotatable bonds is 7. The highest BCUT2D eigenvalue weighted by Gasteiger charge is 2.18. The Morgan fingerprint density at radius 3 is 2.26 bits per heavy atom. The summed E-state index contributed by atoms with van der Waals surface area (Å²) in [4.78, 5) is 12.7. The van der Waals surface area contributed by atoms with Crippen LogP contribution in [0, 0.1) is 0 Å². The molecule has 0 spiro atoms. The lowest BCUT2D eigenvalue weighted by molar-refractivity contribution is 0.0925. The lowest BCUT2D eigenvalue weighted by Crippen LogP contribution is -2.36. The largest absolute Gasteiger partial charge is 0.496 e. The number of amides is 1. The van der Waals surface area contributed by atoms with Gasteiger partial charge in [-0.15, -0.1) is 0 Å². The van der Waals surface area contributed by atoms with E-state index in [1.54, 1.807) is 32.4 Å². The van der Waals surface area contributed by atoms with Gasteiger partial charge in [0.15, 0.2) is 0 Å². The molecule has 0 aromatic heterocycles. The maximum Gasteiger partial charge on any atom is 0.251 e. The Bertz CT molecular complexity index is 746. The third-order valence-electron chi connectivity index (χ3n) is 4.92. The van der Waals surface area contributed by atoms with E-state index in [4.69, 9.17) is 14.2 Å². The van der Waals surface area contributed by atoms with Crippen LogP contribution in [0.5, 0.6) is 17.2 Å². The van der Waals surface area contributed by atoms with E-state index in [0.29, 0.717) is 29.4 Å². The number of hydrogen-bond acceptors (Lipinski definition) is 4. The van der Waals surface area contributed by atoms with E-state index in [-0.39, 0.29) is 11.9 Å². The summed E-state index contributed by atoms with van der Waals surface area (Å²) in [5.41, 5.74) is 1.52. The van der Waals surface area contributed by atoms with Crippen LogP contribution in [0.4, 0.5) is 0 Å². The van der Waals surface area contributed by atoms with Crippen LogP contribution in [0.1, 0.15) is 48.0 Å². The second kappa shape index (κ2) is 9.31. The second-order valence-corrected chi connectivity index (χ2v) is 6.80. The smallest absolute Gasteiger partial charge is 0.251 e. The quantitative estimate of drug-likeness (QED) is 0.788. The van der Waals surface area contributed by atoms with Crippen molar-refractivity contribution in [3.8, 4) is 17.2 Å². The zero-order valence-electron chi connectivity index (χ0n) is 16.0. The zero-order chi connectivity index (χ0) is 19.1. The Kier molecular flexibility index (Phi) is 6.58. The number of benzene rings is 2. The lowest BCUT2D eigenvalue weighted by atomic mass is 9.95. The first-order valence-corrected chi connectivity index (χ1v) is 9.44. The maximum atomic E-state index is 12.7. The predicted octanol–water partition coefficient (Wildman–Crippen LogP) is 4.35. The Hall–Kier alpha value is -2.69. The van der Waals surface area contributed by atoms with Crippen molar-refractivity contribution in [2.24, 2.45) is 0 Å². The van der Waals surface area contributed by atoms with Crippen LogP contribution in [0.3, 0.4) is 0 Å². The van der Waals surface area contributed by atoms with Crippen molar-refractivity contribution < 1.29 is 19.0 Å². The average Bonchev–Trinajstić information content (AvgIpc) is 2.72. The van der Waals surface area contributed by atoms with E-state index in [1.165, 1.54) is 19.3 Å². The summed E-state index contributed by atoms with van der Waals surface area (Å²) in [6, 6.07) is 13.2. The van der Waals surface area contributed by atoms with Crippen molar-refractivity contribution in [1.29, 1.82) is 0 Å². The van der Waals surface area contributed by atoms with Gasteiger partial charge in [-0.05, 0) is 18.9 Å². The molecule has 0 bridgehead atoms. The molecule has 2 aromatic carbocycles. The second-order valence-electron chi connectivity index (χ2n) is 6.80. The van der Waals surface area contributed by atoms with Crippen molar-refractivity contribution in [2.45, 2.75) is 44.8 Å². The lowest BCUT2D eigenvalue weighted by Gasteiger charge is -2.23. The Labute approximate surface area is 160 Å². The first-order valence-electron chi connectivity index (χ1n) is 9.44. The SMILES string of the molecule is COc1cc(OC)cc(OCc2ccccc2C(=O)NC2CCCCC2)c1. The fourth-order valence-corrected chi connectivity index (χ4v) is 3.40. The summed E-state index contributed by atoms with van der Waals surface area (Å²) in [7, 11) is 3.20. The molecule has 0 radical (unpaired) electrons. The summed E-state index contributed by atoms with van der Waals surface area (Å²) in [5.74, 6) is 1.93. The minimum atomic E-state index is -0.0238. The predicted molar refractivity (Wildman–Crippen MR) is 105 cm³/mol. The molecule has 1 aliphatic rings. The van der Waals surface area contributed by atoms with Gasteiger partial charge in [0.05, 0.1) is 14.2 Å². The van der Waals surface area contributed by atoms with Crippen LogP contribution in [0.25, 0.3) is 0 Å². The van der Waals surface area contributed by atoms with Gasteiger partial charge < -0.3 is 19.5 Å². The summed E-state index contributed by atoms with van der Waals surface area (Å²) < 4.78 is 16.5. The fraction of sp³-hybridized carbons (Fsp3) is 0.409. The van der Waals surface area contributed by atoms with Crippen LogP contribution in [-0.4, -0.2) is 26.2 Å². The molecule has 144 valence electrons. The van der Waals surface area contributed by atoms with Gasteiger partial charge in [0.2, 0.25) is 0 Å². The van der Waals surface area contributed by atoms with E-state index in [2.05, 4.69) is 5.32 Å². The van der Waals surface area contributed by atoms with Gasteiger partial charge in [-0.25, -0.2) is 0 Å². The Morgan fingerprint density at radius 2 is 1.59 bits per heavy atom. The Balaban J connectivity index is 1.69. The normalized spacial score (nSPS) is 14.4. The van der Waals surface area contributed by atoms with E-state index in [9.17, 15) is 4.79 Å². The molecule has 0 heterocycles. The van der Waals surface area contributed by atoms with Gasteiger partial charge in [0.25, 0.3) is 5.91 Å². The van der Waals surface area contributed by atoms with E-state index >= 15 is 0 Å². The number of hydrogen-bond donors (Lipinski definition) is 1. The summed E-state index contributed by atoms with van der Waals surface area (Å²) >= 11 is 0. The van der Waals surface area contributed by atoms with E-state index in [0.717, 1.165) is 18.4 Å². The van der Waals surface area contributed by atoms with E-state index in [1.807, 2.05) is 24.3 Å². The van der Waals surface area contributed by atoms with Crippen molar-refractivity contribution in [3.63, 3.8) is 0 Å². The third-order valence-corrected chi connectivity index (χ3v) is 4.92. The minimum Gasteiger partial charge on any atom is -0.496 e. The van der Waals surface area contributed by atoms with Crippen molar-refractivity contribution in [1.82, 2.24) is 5.32 Å². The summed E-state index contributed by atoms with van der Waals surface area (Å²) in [5, 5.41) is 3.18. The van der Waals surface area contributed by atoms with Crippen LogP contribution in [0.15, 0.2) is 42.5 Å². The standard InChI is InChI=1S/C22H27NO4/c1-25-18-12-19(26-2)14-20(13-18)27-15-16-8-6-7-11-21(16)22(24)23-17-9-4-3-5-10-17/h6-8,11-14,17H,3-5,9-10,15H2,1-2H3,(H,23,24). The number of methoxy groups -OCH3 is 2.